The number of hydrogen-bond donors (Lipinski definition) is 0. The number of amides is 1. The Bertz CT molecular complexity index is 983. The molecule has 3 aromatic rings. The zero-order valence-corrected chi connectivity index (χ0v) is 16.6. The molecular weight excluding hydrogens is 360 g/mol. The van der Waals surface area contributed by atoms with Gasteiger partial charge in [-0.2, -0.15) is 5.10 Å². The normalized spacial score (nSPS) is 21.6. The van der Waals surface area contributed by atoms with E-state index in [4.69, 9.17) is 5.10 Å². The van der Waals surface area contributed by atoms with Crippen LogP contribution in [0.3, 0.4) is 0 Å². The van der Waals surface area contributed by atoms with Gasteiger partial charge in [0.1, 0.15) is 5.69 Å². The summed E-state index contributed by atoms with van der Waals surface area (Å²) in [5.41, 5.74) is 3.19. The summed E-state index contributed by atoms with van der Waals surface area (Å²) in [6, 6.07) is 13.8. The lowest BCUT2D eigenvalue weighted by Gasteiger charge is -2.41. The van der Waals surface area contributed by atoms with E-state index in [9.17, 15) is 4.79 Å². The smallest absolute Gasteiger partial charge is 0.257 e. The van der Waals surface area contributed by atoms with Gasteiger partial charge in [0.25, 0.3) is 5.91 Å². The van der Waals surface area contributed by atoms with Gasteiger partial charge < -0.3 is 4.90 Å². The van der Waals surface area contributed by atoms with Crippen molar-refractivity contribution in [3.63, 3.8) is 0 Å². The van der Waals surface area contributed by atoms with Crippen LogP contribution in [0.1, 0.15) is 42.5 Å². The van der Waals surface area contributed by atoms with Crippen molar-refractivity contribution in [3.05, 3.63) is 66.6 Å². The molecule has 1 saturated carbocycles. The first kappa shape index (κ1) is 18.1. The maximum atomic E-state index is 13.6. The second-order valence-electron chi connectivity index (χ2n) is 8.26. The molecule has 1 aliphatic heterocycles. The van der Waals surface area contributed by atoms with E-state index in [1.807, 2.05) is 53.3 Å². The molecule has 0 radical (unpaired) electrons. The van der Waals surface area contributed by atoms with Crippen molar-refractivity contribution in [1.29, 1.82) is 0 Å². The standard InChI is InChI=1S/C24H26N4O/c29-24(27-14-12-18-7-4-5-8-20(18)16-27)22-17-28(21-10-2-1-3-11-21)26-23(22)19-9-6-13-25-15-19/h1-3,6,9-11,13,15,17-18,20H,4-5,7-8,12,14,16H2/t18-,20-/m1/s1. The Labute approximate surface area is 171 Å². The highest BCUT2D eigenvalue weighted by Crippen LogP contribution is 2.37. The second kappa shape index (κ2) is 7.82. The molecule has 2 fully saturated rings. The highest BCUT2D eigenvalue weighted by atomic mass is 16.2. The Morgan fingerprint density at radius 3 is 2.59 bits per heavy atom. The van der Waals surface area contributed by atoms with Crippen LogP contribution in [0.4, 0.5) is 0 Å². The van der Waals surface area contributed by atoms with Gasteiger partial charge >= 0.3 is 0 Å². The van der Waals surface area contributed by atoms with Gasteiger partial charge in [-0.15, -0.1) is 0 Å². The first-order chi connectivity index (χ1) is 14.3. The number of para-hydroxylation sites is 1. The molecule has 1 saturated heterocycles. The van der Waals surface area contributed by atoms with Crippen LogP contribution in [0.25, 0.3) is 16.9 Å². The average molecular weight is 386 g/mol. The van der Waals surface area contributed by atoms with Crippen molar-refractivity contribution in [1.82, 2.24) is 19.7 Å². The average Bonchev–Trinajstić information content (AvgIpc) is 3.25. The molecule has 0 unspecified atom stereocenters. The van der Waals surface area contributed by atoms with Crippen LogP contribution in [0.2, 0.25) is 0 Å². The highest BCUT2D eigenvalue weighted by molar-refractivity contribution is 6.00. The summed E-state index contributed by atoms with van der Waals surface area (Å²) in [5, 5.41) is 4.78. The van der Waals surface area contributed by atoms with Crippen molar-refractivity contribution in [2.24, 2.45) is 11.8 Å². The third-order valence-corrected chi connectivity index (χ3v) is 6.48. The predicted octanol–water partition coefficient (Wildman–Crippen LogP) is 4.59. The number of hydrogen-bond acceptors (Lipinski definition) is 3. The van der Waals surface area contributed by atoms with E-state index in [0.717, 1.165) is 36.7 Å². The maximum Gasteiger partial charge on any atom is 0.257 e. The van der Waals surface area contributed by atoms with Gasteiger partial charge in [-0.25, -0.2) is 4.68 Å². The van der Waals surface area contributed by atoms with Gasteiger partial charge in [0.2, 0.25) is 0 Å². The number of carbonyl (C=O) groups is 1. The topological polar surface area (TPSA) is 51.0 Å². The summed E-state index contributed by atoms with van der Waals surface area (Å²) >= 11 is 0. The van der Waals surface area contributed by atoms with Crippen LogP contribution < -0.4 is 0 Å². The van der Waals surface area contributed by atoms with Gasteiger partial charge in [-0.05, 0) is 48.9 Å². The zero-order chi connectivity index (χ0) is 19.6. The van der Waals surface area contributed by atoms with Gasteiger partial charge in [0, 0.05) is 37.2 Å². The number of nitrogens with zero attached hydrogens (tertiary/aromatic N) is 4. The lowest BCUT2D eigenvalue weighted by atomic mass is 9.75. The van der Waals surface area contributed by atoms with Crippen LogP contribution in [0.15, 0.2) is 61.1 Å². The van der Waals surface area contributed by atoms with Gasteiger partial charge in [-0.3, -0.25) is 9.78 Å². The Balaban J connectivity index is 1.49. The number of rotatable bonds is 3. The number of likely N-dealkylation sites (tertiary alicyclic amines) is 1. The van der Waals surface area contributed by atoms with Crippen molar-refractivity contribution in [2.75, 3.05) is 13.1 Å². The van der Waals surface area contributed by atoms with E-state index in [2.05, 4.69) is 9.88 Å². The van der Waals surface area contributed by atoms with E-state index in [1.165, 1.54) is 25.7 Å². The molecule has 2 atom stereocenters. The van der Waals surface area contributed by atoms with Crippen LogP contribution in [0, 0.1) is 11.8 Å². The fourth-order valence-corrected chi connectivity index (χ4v) is 4.92. The third-order valence-electron chi connectivity index (χ3n) is 6.48. The Morgan fingerprint density at radius 2 is 1.79 bits per heavy atom. The largest absolute Gasteiger partial charge is 0.338 e. The predicted molar refractivity (Wildman–Crippen MR) is 113 cm³/mol. The molecule has 5 heteroatoms. The molecule has 1 aliphatic carbocycles. The fourth-order valence-electron chi connectivity index (χ4n) is 4.92. The van der Waals surface area contributed by atoms with Crippen molar-refractivity contribution < 1.29 is 4.79 Å². The van der Waals surface area contributed by atoms with Crippen LogP contribution >= 0.6 is 0 Å². The molecule has 5 nitrogen and oxygen atoms in total. The van der Waals surface area contributed by atoms with Crippen molar-refractivity contribution in [2.45, 2.75) is 32.1 Å². The summed E-state index contributed by atoms with van der Waals surface area (Å²) in [7, 11) is 0. The molecule has 2 aliphatic rings. The number of carbonyl (C=O) groups excluding carboxylic acids is 1. The Kier molecular flexibility index (Phi) is 4.88. The number of pyridine rings is 1. The first-order valence-electron chi connectivity index (χ1n) is 10.6. The van der Waals surface area contributed by atoms with E-state index in [1.54, 1.807) is 12.4 Å². The van der Waals surface area contributed by atoms with E-state index in [-0.39, 0.29) is 5.91 Å². The van der Waals surface area contributed by atoms with Crippen LogP contribution in [0.5, 0.6) is 0 Å². The minimum atomic E-state index is 0.0926. The molecule has 0 N–H and O–H groups in total. The van der Waals surface area contributed by atoms with Crippen LogP contribution in [-0.2, 0) is 0 Å². The highest BCUT2D eigenvalue weighted by Gasteiger charge is 2.34. The summed E-state index contributed by atoms with van der Waals surface area (Å²) in [6.45, 7) is 1.73. The summed E-state index contributed by atoms with van der Waals surface area (Å²) in [6.07, 6.45) is 11.8. The Morgan fingerprint density at radius 1 is 0.966 bits per heavy atom. The molecule has 1 aromatic carbocycles. The minimum absolute atomic E-state index is 0.0926. The van der Waals surface area contributed by atoms with E-state index < -0.39 is 0 Å². The molecule has 3 heterocycles. The van der Waals surface area contributed by atoms with Crippen molar-refractivity contribution >= 4 is 5.91 Å². The summed E-state index contributed by atoms with van der Waals surface area (Å²) in [4.78, 5) is 19.9. The lowest BCUT2D eigenvalue weighted by Crippen LogP contribution is -2.44. The monoisotopic (exact) mass is 386 g/mol. The molecule has 29 heavy (non-hydrogen) atoms. The molecule has 0 bridgehead atoms. The number of benzene rings is 1. The van der Waals surface area contributed by atoms with E-state index in [0.29, 0.717) is 17.2 Å². The SMILES string of the molecule is O=C(c1cn(-c2ccccc2)nc1-c1cccnc1)N1CC[C@H]2CCCC[C@@H]2C1. The molecular formula is C24H26N4O. The van der Waals surface area contributed by atoms with Gasteiger partial charge in [-0.1, -0.05) is 37.5 Å². The maximum absolute atomic E-state index is 13.6. The third kappa shape index (κ3) is 3.57. The second-order valence-corrected chi connectivity index (χ2v) is 8.26. The summed E-state index contributed by atoms with van der Waals surface area (Å²) in [5.74, 6) is 1.56. The number of piperidine rings is 1. The molecule has 5 rings (SSSR count). The first-order valence-corrected chi connectivity index (χ1v) is 10.6. The summed E-state index contributed by atoms with van der Waals surface area (Å²) < 4.78 is 1.81. The number of fused-ring (bicyclic) bond motifs is 1. The quantitative estimate of drug-likeness (QED) is 0.662. The molecule has 0 spiro atoms. The minimum Gasteiger partial charge on any atom is -0.338 e. The number of aromatic nitrogens is 3. The molecule has 2 aromatic heterocycles. The lowest BCUT2D eigenvalue weighted by molar-refractivity contribution is 0.0521. The fraction of sp³-hybridized carbons (Fsp3) is 0.375. The van der Waals surface area contributed by atoms with Gasteiger partial charge in [0.05, 0.1) is 11.3 Å². The van der Waals surface area contributed by atoms with E-state index >= 15 is 0 Å². The Hall–Kier alpha value is -2.95. The molecule has 1 amide bonds. The van der Waals surface area contributed by atoms with Crippen molar-refractivity contribution in [3.8, 4) is 16.9 Å². The zero-order valence-electron chi connectivity index (χ0n) is 16.6. The van der Waals surface area contributed by atoms with Gasteiger partial charge in [0.15, 0.2) is 0 Å². The van der Waals surface area contributed by atoms with Crippen LogP contribution in [-0.4, -0.2) is 38.7 Å². The molecule has 148 valence electrons.